The number of carbonyl (C=O) groups is 1. The summed E-state index contributed by atoms with van der Waals surface area (Å²) < 4.78 is 3.10. The van der Waals surface area contributed by atoms with Gasteiger partial charge < -0.3 is 9.67 Å². The average molecular weight is 276 g/mol. The molecule has 0 amide bonds. The second-order valence-electron chi connectivity index (χ2n) is 4.74. The quantitative estimate of drug-likeness (QED) is 0.878. The first kappa shape index (κ1) is 14.0. The highest BCUT2D eigenvalue weighted by molar-refractivity contribution is 5.86. The van der Waals surface area contributed by atoms with E-state index in [0.717, 1.165) is 0 Å². The van der Waals surface area contributed by atoms with Crippen molar-refractivity contribution in [3.8, 4) is 0 Å². The molecule has 0 aliphatic heterocycles. The number of aryl methyl sites for hydroxylation is 2. The Labute approximate surface area is 115 Å². The minimum atomic E-state index is -1.09. The number of aromatic carboxylic acids is 1. The Morgan fingerprint density at radius 3 is 2.70 bits per heavy atom. The van der Waals surface area contributed by atoms with Crippen molar-refractivity contribution in [3.05, 3.63) is 46.1 Å². The summed E-state index contributed by atoms with van der Waals surface area (Å²) >= 11 is 0. The fraction of sp³-hybridized carbons (Fsp3) is 0.385. The zero-order valence-corrected chi connectivity index (χ0v) is 11.4. The Morgan fingerprint density at radius 2 is 2.10 bits per heavy atom. The molecule has 0 aliphatic carbocycles. The predicted octanol–water partition coefficient (Wildman–Crippen LogP) is 0.962. The van der Waals surface area contributed by atoms with Crippen LogP contribution in [0.1, 0.15) is 35.9 Å². The molecule has 0 atom stereocenters. The lowest BCUT2D eigenvalue weighted by molar-refractivity contribution is 0.0688. The average Bonchev–Trinajstić information content (AvgIpc) is 2.82. The largest absolute Gasteiger partial charge is 0.476 e. The Kier molecular flexibility index (Phi) is 3.97. The molecule has 7 heteroatoms. The van der Waals surface area contributed by atoms with Crippen LogP contribution in [-0.4, -0.2) is 30.6 Å². The molecule has 2 rings (SSSR count). The number of aromatic nitrogens is 4. The maximum Gasteiger partial charge on any atom is 0.358 e. The fourth-order valence-corrected chi connectivity index (χ4v) is 2.06. The van der Waals surface area contributed by atoms with Crippen LogP contribution in [0.15, 0.2) is 29.2 Å². The van der Waals surface area contributed by atoms with E-state index in [2.05, 4.69) is 10.3 Å². The van der Waals surface area contributed by atoms with Gasteiger partial charge >= 0.3 is 5.97 Å². The molecule has 7 nitrogen and oxygen atoms in total. The summed E-state index contributed by atoms with van der Waals surface area (Å²) in [5.74, 6) is -1.10. The molecular formula is C13H16N4O3. The molecular weight excluding hydrogens is 260 g/mol. The van der Waals surface area contributed by atoms with Crippen molar-refractivity contribution in [3.63, 3.8) is 0 Å². The van der Waals surface area contributed by atoms with E-state index in [4.69, 9.17) is 5.11 Å². The second-order valence-corrected chi connectivity index (χ2v) is 4.74. The van der Waals surface area contributed by atoms with Crippen LogP contribution < -0.4 is 5.56 Å². The number of carboxylic acids is 1. The SMILES string of the molecule is CC(C)c1c(C(=O)O)nnn1CCn1ccccc1=O. The molecule has 0 saturated heterocycles. The van der Waals surface area contributed by atoms with Gasteiger partial charge in [0.15, 0.2) is 5.69 Å². The first-order chi connectivity index (χ1) is 9.50. The maximum absolute atomic E-state index is 11.6. The van der Waals surface area contributed by atoms with Crippen LogP contribution >= 0.6 is 0 Å². The van der Waals surface area contributed by atoms with E-state index in [1.807, 2.05) is 13.8 Å². The zero-order valence-electron chi connectivity index (χ0n) is 11.4. The van der Waals surface area contributed by atoms with Crippen molar-refractivity contribution < 1.29 is 9.90 Å². The molecule has 0 spiro atoms. The summed E-state index contributed by atoms with van der Waals surface area (Å²) in [5, 5.41) is 16.7. The summed E-state index contributed by atoms with van der Waals surface area (Å²) in [4.78, 5) is 22.7. The van der Waals surface area contributed by atoms with Crippen LogP contribution in [0.5, 0.6) is 0 Å². The van der Waals surface area contributed by atoms with Crippen LogP contribution in [0.4, 0.5) is 0 Å². The van der Waals surface area contributed by atoms with Gasteiger partial charge in [-0.25, -0.2) is 9.48 Å². The maximum atomic E-state index is 11.6. The number of hydrogen-bond donors (Lipinski definition) is 1. The van der Waals surface area contributed by atoms with E-state index in [1.54, 1.807) is 27.6 Å². The summed E-state index contributed by atoms with van der Waals surface area (Å²) in [6, 6.07) is 4.93. The monoisotopic (exact) mass is 276 g/mol. The third kappa shape index (κ3) is 2.76. The third-order valence-corrected chi connectivity index (χ3v) is 2.97. The molecule has 0 fully saturated rings. The van der Waals surface area contributed by atoms with Gasteiger partial charge in [-0.15, -0.1) is 5.10 Å². The molecule has 20 heavy (non-hydrogen) atoms. The normalized spacial score (nSPS) is 10.9. The molecule has 0 saturated carbocycles. The van der Waals surface area contributed by atoms with Crippen LogP contribution in [-0.2, 0) is 13.1 Å². The van der Waals surface area contributed by atoms with Crippen molar-refractivity contribution in [2.45, 2.75) is 32.9 Å². The molecule has 106 valence electrons. The Balaban J connectivity index is 2.24. The number of rotatable bonds is 5. The number of pyridine rings is 1. The molecule has 1 N–H and O–H groups in total. The lowest BCUT2D eigenvalue weighted by atomic mass is 10.1. The molecule has 0 aliphatic rings. The Hall–Kier alpha value is -2.44. The predicted molar refractivity (Wildman–Crippen MR) is 71.8 cm³/mol. The topological polar surface area (TPSA) is 90.0 Å². The van der Waals surface area contributed by atoms with Crippen molar-refractivity contribution in [1.82, 2.24) is 19.6 Å². The van der Waals surface area contributed by atoms with E-state index >= 15 is 0 Å². The first-order valence-corrected chi connectivity index (χ1v) is 6.33. The van der Waals surface area contributed by atoms with Gasteiger partial charge in [-0.3, -0.25) is 4.79 Å². The second kappa shape index (κ2) is 5.68. The van der Waals surface area contributed by atoms with E-state index in [-0.39, 0.29) is 17.2 Å². The van der Waals surface area contributed by atoms with E-state index < -0.39 is 5.97 Å². The van der Waals surface area contributed by atoms with Gasteiger partial charge in [-0.2, -0.15) is 0 Å². The van der Waals surface area contributed by atoms with Gasteiger partial charge in [0.2, 0.25) is 0 Å². The minimum absolute atomic E-state index is 0.0106. The highest BCUT2D eigenvalue weighted by Gasteiger charge is 2.21. The highest BCUT2D eigenvalue weighted by atomic mass is 16.4. The van der Waals surface area contributed by atoms with Crippen LogP contribution in [0.2, 0.25) is 0 Å². The lowest BCUT2D eigenvalue weighted by Crippen LogP contribution is -2.22. The zero-order chi connectivity index (χ0) is 14.7. The van der Waals surface area contributed by atoms with Crippen molar-refractivity contribution in [1.29, 1.82) is 0 Å². The Morgan fingerprint density at radius 1 is 1.35 bits per heavy atom. The van der Waals surface area contributed by atoms with Gasteiger partial charge in [-0.05, 0) is 12.0 Å². The van der Waals surface area contributed by atoms with E-state index in [0.29, 0.717) is 18.8 Å². The van der Waals surface area contributed by atoms with Gasteiger partial charge in [0, 0.05) is 18.8 Å². The number of carboxylic acid groups (broad SMARTS) is 1. The van der Waals surface area contributed by atoms with E-state index in [1.165, 1.54) is 6.07 Å². The van der Waals surface area contributed by atoms with Gasteiger partial charge in [0.05, 0.1) is 12.2 Å². The van der Waals surface area contributed by atoms with Crippen LogP contribution in [0.3, 0.4) is 0 Å². The fourth-order valence-electron chi connectivity index (χ4n) is 2.06. The molecule has 2 aromatic rings. The Bertz CT molecular complexity index is 672. The van der Waals surface area contributed by atoms with Gasteiger partial charge in [-0.1, -0.05) is 25.1 Å². The van der Waals surface area contributed by atoms with Gasteiger partial charge in [0.25, 0.3) is 5.56 Å². The first-order valence-electron chi connectivity index (χ1n) is 6.33. The molecule has 0 unspecified atom stereocenters. The summed E-state index contributed by atoms with van der Waals surface area (Å²) in [6.45, 7) is 4.59. The third-order valence-electron chi connectivity index (χ3n) is 2.97. The standard InChI is InChI=1S/C13H16N4O3/c1-9(2)12-11(13(19)20)14-15-17(12)8-7-16-6-4-3-5-10(16)18/h3-6,9H,7-8H2,1-2H3,(H,19,20). The minimum Gasteiger partial charge on any atom is -0.476 e. The molecule has 0 bridgehead atoms. The summed E-state index contributed by atoms with van der Waals surface area (Å²) in [7, 11) is 0. The van der Waals surface area contributed by atoms with Gasteiger partial charge in [0.1, 0.15) is 0 Å². The molecule has 2 heterocycles. The van der Waals surface area contributed by atoms with Crippen molar-refractivity contribution in [2.75, 3.05) is 0 Å². The smallest absolute Gasteiger partial charge is 0.358 e. The van der Waals surface area contributed by atoms with Crippen molar-refractivity contribution in [2.24, 2.45) is 0 Å². The lowest BCUT2D eigenvalue weighted by Gasteiger charge is -2.10. The molecule has 0 radical (unpaired) electrons. The van der Waals surface area contributed by atoms with Crippen LogP contribution in [0.25, 0.3) is 0 Å². The van der Waals surface area contributed by atoms with Crippen molar-refractivity contribution >= 4 is 5.97 Å². The molecule has 2 aromatic heterocycles. The highest BCUT2D eigenvalue weighted by Crippen LogP contribution is 2.17. The summed E-state index contributed by atoms with van der Waals surface area (Å²) in [5.41, 5.74) is 0.444. The number of nitrogens with zero attached hydrogens (tertiary/aromatic N) is 4. The van der Waals surface area contributed by atoms with E-state index in [9.17, 15) is 9.59 Å². The molecule has 0 aromatic carbocycles. The number of hydrogen-bond acceptors (Lipinski definition) is 4. The summed E-state index contributed by atoms with van der Waals surface area (Å²) in [6.07, 6.45) is 1.69. The van der Waals surface area contributed by atoms with Crippen LogP contribution in [0, 0.1) is 0 Å².